The molecule has 1 aliphatic heterocycles. The minimum atomic E-state index is -0.802. The number of piperazine rings is 1. The van der Waals surface area contributed by atoms with E-state index < -0.39 is 35.6 Å². The van der Waals surface area contributed by atoms with Crippen LogP contribution in [0, 0.1) is 5.82 Å². The lowest BCUT2D eigenvalue weighted by Gasteiger charge is -2.46. The summed E-state index contributed by atoms with van der Waals surface area (Å²) in [6, 6.07) is 2.07. The number of benzene rings is 1. The number of rotatable bonds is 8. The summed E-state index contributed by atoms with van der Waals surface area (Å²) >= 11 is 5.73. The standard InChI is InChI=1S/C27H43ClFN5O5/c1-8-33(24(37)31-18-9-10-20(28)21(29)15-18)19(11-14-35)16-30-23(36)22-17-32(26(2,3)4)12-13-34(22)25(38)39-27(5,6)7/h9-10,15,19,22,35H,8,11-14,16-17H2,1-7H3,(H,30,36)(H,31,37). The van der Waals surface area contributed by atoms with Crippen molar-refractivity contribution in [2.24, 2.45) is 0 Å². The van der Waals surface area contributed by atoms with Crippen LogP contribution in [0.1, 0.15) is 54.9 Å². The molecule has 4 amide bonds. The largest absolute Gasteiger partial charge is 0.444 e. The van der Waals surface area contributed by atoms with Gasteiger partial charge < -0.3 is 25.4 Å². The van der Waals surface area contributed by atoms with Crippen LogP contribution in [0.25, 0.3) is 0 Å². The summed E-state index contributed by atoms with van der Waals surface area (Å²) in [6.45, 7) is 14.6. The Morgan fingerprint density at radius 2 is 1.87 bits per heavy atom. The first-order valence-corrected chi connectivity index (χ1v) is 13.6. The van der Waals surface area contributed by atoms with Crippen molar-refractivity contribution in [3.8, 4) is 0 Å². The minimum Gasteiger partial charge on any atom is -0.444 e. The molecule has 10 nitrogen and oxygen atoms in total. The van der Waals surface area contributed by atoms with Crippen molar-refractivity contribution in [2.75, 3.05) is 44.6 Å². The van der Waals surface area contributed by atoms with Crippen molar-refractivity contribution in [2.45, 2.75) is 78.1 Å². The monoisotopic (exact) mass is 571 g/mol. The van der Waals surface area contributed by atoms with Gasteiger partial charge in [-0.15, -0.1) is 0 Å². The molecule has 0 aromatic heterocycles. The quantitative estimate of drug-likeness (QED) is 0.436. The average Bonchev–Trinajstić information content (AvgIpc) is 2.83. The lowest BCUT2D eigenvalue weighted by molar-refractivity contribution is -0.130. The predicted molar refractivity (Wildman–Crippen MR) is 149 cm³/mol. The van der Waals surface area contributed by atoms with Gasteiger partial charge in [0, 0.05) is 50.6 Å². The lowest BCUT2D eigenvalue weighted by Crippen LogP contribution is -2.64. The summed E-state index contributed by atoms with van der Waals surface area (Å²) in [5.41, 5.74) is -0.700. The molecule has 1 saturated heterocycles. The van der Waals surface area contributed by atoms with Crippen molar-refractivity contribution < 1.29 is 28.6 Å². The number of carbonyl (C=O) groups excluding carboxylic acids is 3. The fourth-order valence-electron chi connectivity index (χ4n) is 4.35. The van der Waals surface area contributed by atoms with Gasteiger partial charge in [-0.1, -0.05) is 11.6 Å². The molecule has 0 spiro atoms. The van der Waals surface area contributed by atoms with Crippen LogP contribution in [0.3, 0.4) is 0 Å². The van der Waals surface area contributed by atoms with Gasteiger partial charge >= 0.3 is 12.1 Å². The van der Waals surface area contributed by atoms with Crippen LogP contribution < -0.4 is 10.6 Å². The highest BCUT2D eigenvalue weighted by atomic mass is 35.5. The maximum atomic E-state index is 13.8. The first kappa shape index (κ1) is 32.6. The highest BCUT2D eigenvalue weighted by molar-refractivity contribution is 6.30. The summed E-state index contributed by atoms with van der Waals surface area (Å²) in [7, 11) is 0. The number of nitrogens with zero attached hydrogens (tertiary/aromatic N) is 3. The number of urea groups is 1. The SMILES string of the molecule is CCN(C(=O)Nc1ccc(Cl)c(F)c1)C(CCO)CNC(=O)C1CN(C(C)(C)C)CCN1C(=O)OC(C)(C)C. The van der Waals surface area contributed by atoms with E-state index in [-0.39, 0.29) is 48.3 Å². The van der Waals surface area contributed by atoms with E-state index in [0.29, 0.717) is 19.6 Å². The third-order valence-corrected chi connectivity index (χ3v) is 6.75. The van der Waals surface area contributed by atoms with Crippen molar-refractivity contribution in [3.63, 3.8) is 0 Å². The minimum absolute atomic E-state index is 0.0454. The van der Waals surface area contributed by atoms with Gasteiger partial charge in [-0.3, -0.25) is 14.6 Å². The molecule has 220 valence electrons. The number of aliphatic hydroxyl groups excluding tert-OH is 1. The van der Waals surface area contributed by atoms with Gasteiger partial charge in [-0.25, -0.2) is 14.0 Å². The Morgan fingerprint density at radius 1 is 1.21 bits per heavy atom. The van der Waals surface area contributed by atoms with E-state index in [1.54, 1.807) is 27.7 Å². The first-order valence-electron chi connectivity index (χ1n) is 13.2. The van der Waals surface area contributed by atoms with E-state index in [2.05, 4.69) is 15.5 Å². The second-order valence-corrected chi connectivity index (χ2v) is 12.0. The molecule has 2 rings (SSSR count). The van der Waals surface area contributed by atoms with Gasteiger partial charge in [-0.05, 0) is 73.1 Å². The molecule has 3 N–H and O–H groups in total. The van der Waals surface area contributed by atoms with Gasteiger partial charge in [0.25, 0.3) is 0 Å². The van der Waals surface area contributed by atoms with Crippen LogP contribution in [-0.2, 0) is 9.53 Å². The molecule has 39 heavy (non-hydrogen) atoms. The molecule has 0 radical (unpaired) electrons. The molecule has 0 bridgehead atoms. The summed E-state index contributed by atoms with van der Waals surface area (Å²) in [6.07, 6.45) is -0.363. The molecule has 1 heterocycles. The molecule has 0 saturated carbocycles. The number of carbonyl (C=O) groups is 3. The predicted octanol–water partition coefficient (Wildman–Crippen LogP) is 3.92. The van der Waals surface area contributed by atoms with Gasteiger partial charge in [0.05, 0.1) is 11.1 Å². The second kappa shape index (κ2) is 13.6. The van der Waals surface area contributed by atoms with Crippen molar-refractivity contribution in [1.82, 2.24) is 20.0 Å². The van der Waals surface area contributed by atoms with E-state index in [1.807, 2.05) is 20.8 Å². The highest BCUT2D eigenvalue weighted by Crippen LogP contribution is 2.22. The topological polar surface area (TPSA) is 114 Å². The molecule has 1 fully saturated rings. The Bertz CT molecular complexity index is 1010. The molecule has 12 heteroatoms. The maximum Gasteiger partial charge on any atom is 0.411 e. The van der Waals surface area contributed by atoms with Crippen LogP contribution in [0.15, 0.2) is 18.2 Å². The normalized spacial score (nSPS) is 17.4. The lowest BCUT2D eigenvalue weighted by atomic mass is 10.0. The molecule has 2 unspecified atom stereocenters. The molecule has 1 aliphatic rings. The number of hydrogen-bond donors (Lipinski definition) is 3. The van der Waals surface area contributed by atoms with E-state index in [4.69, 9.17) is 16.3 Å². The Kier molecular flexibility index (Phi) is 11.4. The zero-order valence-electron chi connectivity index (χ0n) is 24.0. The summed E-state index contributed by atoms with van der Waals surface area (Å²) in [5, 5.41) is 15.1. The number of likely N-dealkylation sites (N-methyl/N-ethyl adjacent to an activating group) is 1. The smallest absolute Gasteiger partial charge is 0.411 e. The van der Waals surface area contributed by atoms with Crippen LogP contribution >= 0.6 is 11.6 Å². The Morgan fingerprint density at radius 3 is 2.41 bits per heavy atom. The van der Waals surface area contributed by atoms with Gasteiger partial charge in [-0.2, -0.15) is 0 Å². The average molecular weight is 572 g/mol. The first-order chi connectivity index (χ1) is 18.1. The zero-order chi connectivity index (χ0) is 29.5. The van der Waals surface area contributed by atoms with Crippen LogP contribution in [0.2, 0.25) is 5.02 Å². The number of halogens is 2. The van der Waals surface area contributed by atoms with Gasteiger partial charge in [0.15, 0.2) is 0 Å². The molecular formula is C27H43ClFN5O5. The molecular weight excluding hydrogens is 529 g/mol. The Hall–Kier alpha value is -2.63. The van der Waals surface area contributed by atoms with Crippen molar-refractivity contribution in [1.29, 1.82) is 0 Å². The Labute approximate surface area is 235 Å². The second-order valence-electron chi connectivity index (χ2n) is 11.6. The van der Waals surface area contributed by atoms with Gasteiger partial charge in [0.2, 0.25) is 5.91 Å². The zero-order valence-corrected chi connectivity index (χ0v) is 24.8. The Balaban J connectivity index is 2.17. The van der Waals surface area contributed by atoms with E-state index in [1.165, 1.54) is 21.9 Å². The number of ether oxygens (including phenoxy) is 1. The van der Waals surface area contributed by atoms with E-state index in [0.717, 1.165) is 6.07 Å². The number of aliphatic hydroxyl groups is 1. The van der Waals surface area contributed by atoms with Crippen molar-refractivity contribution >= 4 is 35.3 Å². The van der Waals surface area contributed by atoms with E-state index >= 15 is 0 Å². The third-order valence-electron chi connectivity index (χ3n) is 6.45. The molecule has 0 aliphatic carbocycles. The van der Waals surface area contributed by atoms with Crippen LogP contribution in [0.5, 0.6) is 0 Å². The summed E-state index contributed by atoms with van der Waals surface area (Å²) < 4.78 is 19.4. The maximum absolute atomic E-state index is 13.8. The number of anilines is 1. The summed E-state index contributed by atoms with van der Waals surface area (Å²) in [4.78, 5) is 44.5. The molecule has 1 aromatic rings. The molecule has 2 atom stereocenters. The van der Waals surface area contributed by atoms with Gasteiger partial charge in [0.1, 0.15) is 17.5 Å². The molecule has 1 aromatic carbocycles. The number of hydrogen-bond acceptors (Lipinski definition) is 6. The van der Waals surface area contributed by atoms with E-state index in [9.17, 15) is 23.9 Å². The van der Waals surface area contributed by atoms with Crippen LogP contribution in [-0.4, -0.2) is 100 Å². The fourth-order valence-corrected chi connectivity index (χ4v) is 4.46. The van der Waals surface area contributed by atoms with Crippen LogP contribution in [0.4, 0.5) is 19.7 Å². The number of amides is 4. The third kappa shape index (κ3) is 9.51. The van der Waals surface area contributed by atoms with Crippen molar-refractivity contribution in [3.05, 3.63) is 29.0 Å². The fraction of sp³-hybridized carbons (Fsp3) is 0.667. The summed E-state index contributed by atoms with van der Waals surface area (Å²) in [5.74, 6) is -1.04. The number of nitrogens with one attached hydrogen (secondary N) is 2. The highest BCUT2D eigenvalue weighted by Gasteiger charge is 2.40.